The first-order chi connectivity index (χ1) is 14.5. The van der Waals surface area contributed by atoms with Gasteiger partial charge in [-0.3, -0.25) is 4.72 Å². The van der Waals surface area contributed by atoms with E-state index in [0.717, 1.165) is 21.1 Å². The zero-order valence-electron chi connectivity index (χ0n) is 17.8. The van der Waals surface area contributed by atoms with Crippen molar-refractivity contribution in [3.63, 3.8) is 0 Å². The highest BCUT2D eigenvalue weighted by molar-refractivity contribution is 7.92. The van der Waals surface area contributed by atoms with Gasteiger partial charge in [-0.05, 0) is 42.2 Å². The van der Waals surface area contributed by atoms with Gasteiger partial charge < -0.3 is 5.21 Å². The van der Waals surface area contributed by atoms with Crippen LogP contribution in [0.2, 0.25) is 0 Å². The van der Waals surface area contributed by atoms with Gasteiger partial charge in [0.15, 0.2) is 12.4 Å². The molecule has 0 amide bonds. The molecule has 8 heteroatoms. The Bertz CT molecular complexity index is 1370. The number of benzene rings is 2. The molecule has 4 aromatic rings. The number of hydrogen-bond acceptors (Lipinski definition) is 4. The van der Waals surface area contributed by atoms with E-state index in [1.807, 2.05) is 24.3 Å². The van der Waals surface area contributed by atoms with Crippen molar-refractivity contribution in [2.24, 2.45) is 0 Å². The number of anilines is 1. The number of pyridine rings is 1. The second-order valence-corrected chi connectivity index (χ2v) is 10.2. The summed E-state index contributed by atoms with van der Waals surface area (Å²) in [6.45, 7) is 8.03. The van der Waals surface area contributed by atoms with Gasteiger partial charge in [-0.2, -0.15) is 9.83 Å². The molecular formula is C23H24N4O3S. The lowest BCUT2D eigenvalue weighted by Gasteiger charge is -2.19. The average Bonchev–Trinajstić information content (AvgIpc) is 3.06. The summed E-state index contributed by atoms with van der Waals surface area (Å²) in [6, 6.07) is 15.7. The van der Waals surface area contributed by atoms with Crippen LogP contribution in [0.4, 0.5) is 5.82 Å². The van der Waals surface area contributed by atoms with E-state index in [1.54, 1.807) is 41.9 Å². The minimum atomic E-state index is -3.82. The molecule has 31 heavy (non-hydrogen) atoms. The molecule has 0 aliphatic carbocycles. The molecule has 0 saturated carbocycles. The Labute approximate surface area is 181 Å². The van der Waals surface area contributed by atoms with Gasteiger partial charge in [0.1, 0.15) is 5.82 Å². The van der Waals surface area contributed by atoms with Crippen LogP contribution in [0.3, 0.4) is 0 Å². The smallest absolute Gasteiger partial charge is 0.263 e. The Morgan fingerprint density at radius 1 is 1.06 bits per heavy atom. The first-order valence-corrected chi connectivity index (χ1v) is 11.3. The van der Waals surface area contributed by atoms with Crippen molar-refractivity contribution in [2.45, 2.75) is 38.0 Å². The highest BCUT2D eigenvalue weighted by Gasteiger charge is 2.21. The van der Waals surface area contributed by atoms with Crippen LogP contribution < -0.4 is 9.45 Å². The van der Waals surface area contributed by atoms with Gasteiger partial charge in [0.05, 0.1) is 16.3 Å². The number of aromatic nitrogens is 3. The fraction of sp³-hybridized carbons (Fsp3) is 0.217. The minimum absolute atomic E-state index is 0.0674. The van der Waals surface area contributed by atoms with E-state index >= 15 is 0 Å². The monoisotopic (exact) mass is 436 g/mol. The molecule has 0 aliphatic rings. The van der Waals surface area contributed by atoms with E-state index in [-0.39, 0.29) is 10.3 Å². The van der Waals surface area contributed by atoms with Gasteiger partial charge in [0.25, 0.3) is 10.0 Å². The van der Waals surface area contributed by atoms with Gasteiger partial charge >= 0.3 is 0 Å². The molecule has 7 nitrogen and oxygen atoms in total. The van der Waals surface area contributed by atoms with Crippen LogP contribution in [0.1, 0.15) is 32.0 Å². The molecule has 2 aromatic carbocycles. The molecule has 0 radical (unpaired) electrons. The average molecular weight is 437 g/mol. The zero-order chi connectivity index (χ0) is 22.4. The van der Waals surface area contributed by atoms with Crippen molar-refractivity contribution >= 4 is 26.6 Å². The lowest BCUT2D eigenvalue weighted by Crippen LogP contribution is -2.23. The van der Waals surface area contributed by atoms with Crippen LogP contribution in [0.25, 0.3) is 16.5 Å². The van der Waals surface area contributed by atoms with E-state index < -0.39 is 10.0 Å². The van der Waals surface area contributed by atoms with E-state index in [1.165, 1.54) is 12.4 Å². The number of nitrogens with zero attached hydrogens (tertiary/aromatic N) is 3. The molecule has 4 rings (SSSR count). The highest BCUT2D eigenvalue weighted by atomic mass is 32.2. The van der Waals surface area contributed by atoms with Crippen molar-refractivity contribution in [3.8, 4) is 5.69 Å². The molecule has 0 aliphatic heterocycles. The molecular weight excluding hydrogens is 412 g/mol. The third-order valence-electron chi connectivity index (χ3n) is 5.10. The summed E-state index contributed by atoms with van der Waals surface area (Å²) >= 11 is 0. The number of rotatable bonds is 4. The molecule has 1 N–H and O–H groups in total. The molecule has 160 valence electrons. The van der Waals surface area contributed by atoms with Crippen LogP contribution in [0.5, 0.6) is 0 Å². The fourth-order valence-corrected chi connectivity index (χ4v) is 4.50. The first kappa shape index (κ1) is 20.9. The predicted octanol–water partition coefficient (Wildman–Crippen LogP) is 4.07. The van der Waals surface area contributed by atoms with Gasteiger partial charge in [0.2, 0.25) is 0 Å². The quantitative estimate of drug-likeness (QED) is 0.386. The second kappa shape index (κ2) is 7.39. The topological polar surface area (TPSA) is 90.9 Å². The van der Waals surface area contributed by atoms with Crippen molar-refractivity contribution in [1.82, 2.24) is 9.78 Å². The molecule has 0 saturated heterocycles. The summed E-state index contributed by atoms with van der Waals surface area (Å²) in [5.74, 6) is 0.323. The van der Waals surface area contributed by atoms with Crippen LogP contribution in [0, 0.1) is 12.1 Å². The van der Waals surface area contributed by atoms with E-state index in [9.17, 15) is 13.6 Å². The molecule has 0 spiro atoms. The fourth-order valence-electron chi connectivity index (χ4n) is 3.46. The number of nitrogens with one attached hydrogen (secondary N) is 1. The SMILES string of the molecule is Cc1cc(NS(=O)(=O)c2ccc(C(C)(C)C)cc2)n(-c2cccc3c[n+]([O-])ccc23)n1. The molecule has 0 atom stereocenters. The van der Waals surface area contributed by atoms with Crippen molar-refractivity contribution in [1.29, 1.82) is 0 Å². The second-order valence-electron chi connectivity index (χ2n) is 8.55. The minimum Gasteiger partial charge on any atom is -0.619 e. The van der Waals surface area contributed by atoms with Crippen LogP contribution >= 0.6 is 0 Å². The van der Waals surface area contributed by atoms with Gasteiger partial charge in [0, 0.05) is 22.9 Å². The zero-order valence-corrected chi connectivity index (χ0v) is 18.6. The number of sulfonamides is 1. The van der Waals surface area contributed by atoms with E-state index in [0.29, 0.717) is 17.2 Å². The summed E-state index contributed by atoms with van der Waals surface area (Å²) in [5, 5.41) is 17.6. The lowest BCUT2D eigenvalue weighted by atomic mass is 9.87. The largest absolute Gasteiger partial charge is 0.619 e. The number of hydrogen-bond donors (Lipinski definition) is 1. The summed E-state index contributed by atoms with van der Waals surface area (Å²) in [7, 11) is -3.82. The van der Waals surface area contributed by atoms with Crippen molar-refractivity contribution in [3.05, 3.63) is 83.5 Å². The Morgan fingerprint density at radius 3 is 2.45 bits per heavy atom. The maximum Gasteiger partial charge on any atom is 0.263 e. The lowest BCUT2D eigenvalue weighted by molar-refractivity contribution is -0.603. The predicted molar refractivity (Wildman–Crippen MR) is 121 cm³/mol. The summed E-state index contributed by atoms with van der Waals surface area (Å²) in [6.07, 6.45) is 2.87. The normalized spacial score (nSPS) is 12.3. The first-order valence-electron chi connectivity index (χ1n) is 9.86. The Hall–Kier alpha value is -3.39. The molecule has 2 heterocycles. The Balaban J connectivity index is 1.75. The standard InChI is InChI=1S/C23H24N4O3S/c1-16-14-22(25-31(29,30)19-10-8-18(9-11-19)23(2,3)4)27(24-16)21-7-5-6-17-15-26(28)13-12-20(17)21/h5-15,25H,1-4H3. The number of aryl methyl sites for hydroxylation is 1. The van der Waals surface area contributed by atoms with Gasteiger partial charge in [-0.25, -0.2) is 13.1 Å². The van der Waals surface area contributed by atoms with E-state index in [2.05, 4.69) is 30.6 Å². The third kappa shape index (κ3) is 4.11. The Morgan fingerprint density at radius 2 is 1.77 bits per heavy atom. The maximum absolute atomic E-state index is 13.1. The van der Waals surface area contributed by atoms with Gasteiger partial charge in [-0.1, -0.05) is 39.0 Å². The summed E-state index contributed by atoms with van der Waals surface area (Å²) < 4.78 is 31.1. The summed E-state index contributed by atoms with van der Waals surface area (Å²) in [4.78, 5) is 0.177. The van der Waals surface area contributed by atoms with Gasteiger partial charge in [-0.15, -0.1) is 0 Å². The molecule has 0 unspecified atom stereocenters. The molecule has 0 bridgehead atoms. The van der Waals surface area contributed by atoms with Crippen molar-refractivity contribution < 1.29 is 13.1 Å². The maximum atomic E-state index is 13.1. The van der Waals surface area contributed by atoms with Crippen LogP contribution in [-0.2, 0) is 15.4 Å². The van der Waals surface area contributed by atoms with Crippen LogP contribution in [-0.4, -0.2) is 18.2 Å². The van der Waals surface area contributed by atoms with Crippen molar-refractivity contribution in [2.75, 3.05) is 4.72 Å². The third-order valence-corrected chi connectivity index (χ3v) is 6.47. The molecule has 2 aromatic heterocycles. The summed E-state index contributed by atoms with van der Waals surface area (Å²) in [5.41, 5.74) is 2.32. The number of fused-ring (bicyclic) bond motifs is 1. The van der Waals surface area contributed by atoms with Crippen LogP contribution in [0.15, 0.2) is 71.9 Å². The van der Waals surface area contributed by atoms with E-state index in [4.69, 9.17) is 0 Å². The highest BCUT2D eigenvalue weighted by Crippen LogP contribution is 2.27. The Kier molecular flexibility index (Phi) is 4.97. The molecule has 0 fully saturated rings.